The second-order valence-corrected chi connectivity index (χ2v) is 7.59. The Labute approximate surface area is 154 Å². The van der Waals surface area contributed by atoms with E-state index in [1.807, 2.05) is 35.2 Å². The number of amides is 2. The molecule has 0 aromatic heterocycles. The molecule has 1 aliphatic heterocycles. The Morgan fingerprint density at radius 2 is 1.77 bits per heavy atom. The minimum absolute atomic E-state index is 0.111. The Morgan fingerprint density at radius 1 is 1.08 bits per heavy atom. The van der Waals surface area contributed by atoms with Gasteiger partial charge in [0.25, 0.3) is 0 Å². The van der Waals surface area contributed by atoms with Crippen molar-refractivity contribution < 1.29 is 9.59 Å². The topological polar surface area (TPSA) is 49.4 Å². The van der Waals surface area contributed by atoms with Crippen molar-refractivity contribution >= 4 is 17.5 Å². The molecule has 4 heteroatoms. The second kappa shape index (κ2) is 6.60. The van der Waals surface area contributed by atoms with Gasteiger partial charge in [-0.25, -0.2) is 0 Å². The first-order chi connectivity index (χ1) is 12.6. The number of hydrogen-bond acceptors (Lipinski definition) is 2. The monoisotopic (exact) mass is 348 g/mol. The van der Waals surface area contributed by atoms with Crippen molar-refractivity contribution in [3.05, 3.63) is 65.7 Å². The van der Waals surface area contributed by atoms with Crippen LogP contribution in [0.2, 0.25) is 0 Å². The number of carbonyl (C=O) groups excluding carboxylic acids is 2. The molecular formula is C22H24N2O2. The number of anilines is 1. The van der Waals surface area contributed by atoms with Crippen molar-refractivity contribution in [1.82, 2.24) is 4.90 Å². The lowest BCUT2D eigenvalue weighted by molar-refractivity contribution is -0.132. The van der Waals surface area contributed by atoms with Crippen LogP contribution < -0.4 is 5.32 Å². The van der Waals surface area contributed by atoms with Crippen molar-refractivity contribution in [1.29, 1.82) is 0 Å². The fourth-order valence-electron chi connectivity index (χ4n) is 4.09. The largest absolute Gasteiger partial charge is 0.343 e. The van der Waals surface area contributed by atoms with Crippen LogP contribution in [0.4, 0.5) is 5.69 Å². The van der Waals surface area contributed by atoms with Crippen molar-refractivity contribution in [3.63, 3.8) is 0 Å². The SMILES string of the molecule is CC(=O)N1CCC2(C(=O)Nc3ccc(Cc4ccccc4)cc3)CC2C1. The van der Waals surface area contributed by atoms with Crippen LogP contribution in [0.1, 0.15) is 30.9 Å². The maximum atomic E-state index is 12.8. The van der Waals surface area contributed by atoms with Crippen LogP contribution in [0.3, 0.4) is 0 Å². The van der Waals surface area contributed by atoms with Crippen LogP contribution in [0.15, 0.2) is 54.6 Å². The van der Waals surface area contributed by atoms with Crippen LogP contribution >= 0.6 is 0 Å². The number of rotatable bonds is 4. The van der Waals surface area contributed by atoms with E-state index in [9.17, 15) is 9.59 Å². The zero-order chi connectivity index (χ0) is 18.1. The summed E-state index contributed by atoms with van der Waals surface area (Å²) in [5.74, 6) is 0.541. The number of nitrogens with zero attached hydrogens (tertiary/aromatic N) is 1. The predicted molar refractivity (Wildman–Crippen MR) is 102 cm³/mol. The number of fused-ring (bicyclic) bond motifs is 1. The molecule has 2 fully saturated rings. The highest BCUT2D eigenvalue weighted by Crippen LogP contribution is 2.58. The predicted octanol–water partition coefficient (Wildman–Crippen LogP) is 3.47. The number of benzene rings is 2. The molecular weight excluding hydrogens is 324 g/mol. The zero-order valence-corrected chi connectivity index (χ0v) is 15.1. The van der Waals surface area contributed by atoms with Gasteiger partial charge in [0, 0.05) is 25.7 Å². The van der Waals surface area contributed by atoms with Crippen molar-refractivity contribution in [2.24, 2.45) is 11.3 Å². The first-order valence-electron chi connectivity index (χ1n) is 9.27. The molecule has 0 spiro atoms. The van der Waals surface area contributed by atoms with Crippen LogP contribution in [0.25, 0.3) is 0 Å². The molecule has 2 amide bonds. The van der Waals surface area contributed by atoms with Crippen LogP contribution in [0, 0.1) is 11.3 Å². The van der Waals surface area contributed by atoms with Crippen LogP contribution in [-0.4, -0.2) is 29.8 Å². The highest BCUT2D eigenvalue weighted by atomic mass is 16.2. The highest BCUT2D eigenvalue weighted by Gasteiger charge is 2.61. The summed E-state index contributed by atoms with van der Waals surface area (Å²) >= 11 is 0. The van der Waals surface area contributed by atoms with Crippen LogP contribution in [0.5, 0.6) is 0 Å². The Balaban J connectivity index is 1.36. The third kappa shape index (κ3) is 3.24. The number of likely N-dealkylation sites (tertiary alicyclic amines) is 1. The van der Waals surface area contributed by atoms with Gasteiger partial charge in [-0.15, -0.1) is 0 Å². The zero-order valence-electron chi connectivity index (χ0n) is 15.1. The minimum Gasteiger partial charge on any atom is -0.343 e. The van der Waals surface area contributed by atoms with E-state index in [1.54, 1.807) is 6.92 Å². The maximum absolute atomic E-state index is 12.8. The van der Waals surface area contributed by atoms with E-state index in [2.05, 4.69) is 29.6 Å². The summed E-state index contributed by atoms with van der Waals surface area (Å²) in [6, 6.07) is 18.5. The quantitative estimate of drug-likeness (QED) is 0.920. The second-order valence-electron chi connectivity index (χ2n) is 7.59. The molecule has 1 aliphatic carbocycles. The van der Waals surface area contributed by atoms with E-state index in [4.69, 9.17) is 0 Å². The molecule has 2 atom stereocenters. The highest BCUT2D eigenvalue weighted by molar-refractivity contribution is 5.98. The summed E-state index contributed by atoms with van der Waals surface area (Å²) in [5, 5.41) is 3.09. The summed E-state index contributed by atoms with van der Waals surface area (Å²) in [6.45, 7) is 3.01. The number of hydrogen-bond donors (Lipinski definition) is 1. The van der Waals surface area contributed by atoms with Crippen molar-refractivity contribution in [2.45, 2.75) is 26.2 Å². The van der Waals surface area contributed by atoms with E-state index in [-0.39, 0.29) is 17.2 Å². The smallest absolute Gasteiger partial charge is 0.231 e. The molecule has 2 aliphatic rings. The average molecular weight is 348 g/mol. The average Bonchev–Trinajstić information content (AvgIpc) is 3.39. The lowest BCUT2D eigenvalue weighted by Crippen LogP contribution is -2.41. The van der Waals surface area contributed by atoms with Gasteiger partial charge in [-0.3, -0.25) is 9.59 Å². The molecule has 134 valence electrons. The van der Waals surface area contributed by atoms with Crippen LogP contribution in [-0.2, 0) is 16.0 Å². The van der Waals surface area contributed by atoms with E-state index < -0.39 is 0 Å². The molecule has 1 saturated carbocycles. The lowest BCUT2D eigenvalue weighted by Gasteiger charge is -2.30. The number of nitrogens with one attached hydrogen (secondary N) is 1. The van der Waals surface area contributed by atoms with Gasteiger partial charge in [0.15, 0.2) is 0 Å². The van der Waals surface area contributed by atoms with E-state index in [0.717, 1.165) is 31.5 Å². The van der Waals surface area contributed by atoms with Gasteiger partial charge in [0.1, 0.15) is 0 Å². The normalized spacial score (nSPS) is 23.9. The Morgan fingerprint density at radius 3 is 2.42 bits per heavy atom. The first-order valence-corrected chi connectivity index (χ1v) is 9.27. The molecule has 1 heterocycles. The van der Waals surface area contributed by atoms with Crippen molar-refractivity contribution in [3.8, 4) is 0 Å². The molecule has 1 N–H and O–H groups in total. The third-order valence-electron chi connectivity index (χ3n) is 5.86. The summed E-state index contributed by atoms with van der Waals surface area (Å²) in [6.07, 6.45) is 2.56. The number of carbonyl (C=O) groups is 2. The molecule has 2 aromatic rings. The van der Waals surface area contributed by atoms with Gasteiger partial charge in [-0.05, 0) is 48.4 Å². The summed E-state index contributed by atoms with van der Waals surface area (Å²) in [7, 11) is 0. The van der Waals surface area contributed by atoms with Gasteiger partial charge >= 0.3 is 0 Å². The van der Waals surface area contributed by atoms with E-state index in [0.29, 0.717) is 12.5 Å². The first kappa shape index (κ1) is 16.8. The standard InChI is InChI=1S/C22H24N2O2/c1-16(25)24-12-11-22(14-19(22)15-24)21(26)23-20-9-7-18(8-10-20)13-17-5-3-2-4-6-17/h2-10,19H,11-15H2,1H3,(H,23,26). The molecule has 2 unspecified atom stereocenters. The number of piperidine rings is 1. The Bertz CT molecular complexity index is 816. The molecule has 1 saturated heterocycles. The lowest BCUT2D eigenvalue weighted by atomic mass is 9.94. The summed E-state index contributed by atoms with van der Waals surface area (Å²) < 4.78 is 0. The van der Waals surface area contributed by atoms with E-state index >= 15 is 0 Å². The van der Waals surface area contributed by atoms with Crippen molar-refractivity contribution in [2.75, 3.05) is 18.4 Å². The fraction of sp³-hybridized carbons (Fsp3) is 0.364. The van der Waals surface area contributed by atoms with Gasteiger partial charge < -0.3 is 10.2 Å². The molecule has 4 rings (SSSR count). The minimum atomic E-state index is -0.255. The summed E-state index contributed by atoms with van der Waals surface area (Å²) in [4.78, 5) is 26.1. The summed E-state index contributed by atoms with van der Waals surface area (Å²) in [5.41, 5.74) is 3.10. The molecule has 0 bridgehead atoms. The Kier molecular flexibility index (Phi) is 4.27. The van der Waals surface area contributed by atoms with Gasteiger partial charge in [-0.2, -0.15) is 0 Å². The Hall–Kier alpha value is -2.62. The molecule has 2 aromatic carbocycles. The molecule has 4 nitrogen and oxygen atoms in total. The van der Waals surface area contributed by atoms with E-state index in [1.165, 1.54) is 11.1 Å². The molecule has 0 radical (unpaired) electrons. The maximum Gasteiger partial charge on any atom is 0.231 e. The third-order valence-corrected chi connectivity index (χ3v) is 5.86. The van der Waals surface area contributed by atoms with Gasteiger partial charge in [-0.1, -0.05) is 42.5 Å². The molecule has 26 heavy (non-hydrogen) atoms. The van der Waals surface area contributed by atoms with Gasteiger partial charge in [0.2, 0.25) is 11.8 Å². The van der Waals surface area contributed by atoms with Gasteiger partial charge in [0.05, 0.1) is 5.41 Å². The fourth-order valence-corrected chi connectivity index (χ4v) is 4.09.